The molecule has 294 valence electrons. The van der Waals surface area contributed by atoms with Crippen LogP contribution in [0, 0.1) is 0 Å². The molecule has 0 saturated heterocycles. The van der Waals surface area contributed by atoms with Gasteiger partial charge in [-0.1, -0.05) is 204 Å². The maximum Gasteiger partial charge on any atom is 0.249 e. The molecule has 0 fully saturated rings. The van der Waals surface area contributed by atoms with Crippen LogP contribution in [0.2, 0.25) is 0 Å². The van der Waals surface area contributed by atoms with Gasteiger partial charge in [-0.3, -0.25) is 4.79 Å². The van der Waals surface area contributed by atoms with Gasteiger partial charge in [0.15, 0.2) is 0 Å². The molecule has 5 nitrogen and oxygen atoms in total. The predicted octanol–water partition coefficient (Wildman–Crippen LogP) is 12.4. The SMILES string of the molecule is CCCCCCCCCCC/C=C\C/C=C\CCCCCCCCC(O)C(=O)NC(CO)C(O)/C=C/CCCCCCCCCCCCCC. The number of hydrogen-bond donors (Lipinski definition) is 4. The van der Waals surface area contributed by atoms with E-state index in [9.17, 15) is 20.1 Å². The molecule has 0 bridgehead atoms. The van der Waals surface area contributed by atoms with E-state index in [0.717, 1.165) is 44.9 Å². The zero-order valence-corrected chi connectivity index (χ0v) is 33.3. The molecular weight excluding hydrogens is 618 g/mol. The fourth-order valence-corrected chi connectivity index (χ4v) is 6.51. The van der Waals surface area contributed by atoms with Crippen LogP contribution in [0.5, 0.6) is 0 Å². The van der Waals surface area contributed by atoms with E-state index in [1.807, 2.05) is 6.08 Å². The fourth-order valence-electron chi connectivity index (χ4n) is 6.51. The molecule has 4 N–H and O–H groups in total. The molecule has 0 aromatic heterocycles. The average Bonchev–Trinajstić information content (AvgIpc) is 3.12. The Balaban J connectivity index is 3.70. The van der Waals surface area contributed by atoms with Crippen molar-refractivity contribution in [1.82, 2.24) is 5.32 Å². The Morgan fingerprint density at radius 1 is 0.500 bits per heavy atom. The first kappa shape index (κ1) is 48.6. The third-order valence-corrected chi connectivity index (χ3v) is 9.98. The summed E-state index contributed by atoms with van der Waals surface area (Å²) in [6, 6.07) is -0.801. The molecule has 0 aliphatic heterocycles. The van der Waals surface area contributed by atoms with E-state index in [1.54, 1.807) is 6.08 Å². The molecule has 0 saturated carbocycles. The van der Waals surface area contributed by atoms with Gasteiger partial charge in [0.1, 0.15) is 6.10 Å². The molecule has 0 spiro atoms. The van der Waals surface area contributed by atoms with Crippen LogP contribution in [-0.4, -0.2) is 46.1 Å². The minimum absolute atomic E-state index is 0.367. The van der Waals surface area contributed by atoms with E-state index in [1.165, 1.54) is 154 Å². The summed E-state index contributed by atoms with van der Waals surface area (Å²) in [4.78, 5) is 12.4. The van der Waals surface area contributed by atoms with Crippen LogP contribution in [-0.2, 0) is 4.79 Å². The van der Waals surface area contributed by atoms with Gasteiger partial charge in [-0.15, -0.1) is 0 Å². The minimum Gasteiger partial charge on any atom is -0.394 e. The standard InChI is InChI=1S/C45H85NO4/c1-3-5-7-9-11-13-15-17-19-20-21-22-23-24-25-26-28-30-32-34-36-38-40-44(49)45(50)46-42(41-47)43(48)39-37-35-33-31-29-27-18-16-14-12-10-8-6-4-2/h21-22,24-25,37,39,42-44,47-49H,3-20,23,26-36,38,40-41H2,1-2H3,(H,46,50)/b22-21-,25-24-,39-37+. The van der Waals surface area contributed by atoms with E-state index in [-0.39, 0.29) is 6.61 Å². The second kappa shape index (κ2) is 40.3. The van der Waals surface area contributed by atoms with Crippen molar-refractivity contribution < 1.29 is 20.1 Å². The first-order valence-corrected chi connectivity index (χ1v) is 21.8. The van der Waals surface area contributed by atoms with E-state index in [2.05, 4.69) is 43.5 Å². The Labute approximate surface area is 311 Å². The van der Waals surface area contributed by atoms with Crippen molar-refractivity contribution in [3.05, 3.63) is 36.5 Å². The molecule has 0 radical (unpaired) electrons. The lowest BCUT2D eigenvalue weighted by Crippen LogP contribution is -2.48. The summed E-state index contributed by atoms with van der Waals surface area (Å²) in [5.74, 6) is -0.511. The van der Waals surface area contributed by atoms with Gasteiger partial charge in [0.25, 0.3) is 0 Å². The number of amides is 1. The van der Waals surface area contributed by atoms with Crippen LogP contribution in [0.1, 0.15) is 219 Å². The summed E-state index contributed by atoms with van der Waals surface area (Å²) in [5, 5.41) is 33.1. The van der Waals surface area contributed by atoms with E-state index in [4.69, 9.17) is 0 Å². The number of allylic oxidation sites excluding steroid dienone is 5. The van der Waals surface area contributed by atoms with Crippen molar-refractivity contribution in [3.8, 4) is 0 Å². The monoisotopic (exact) mass is 704 g/mol. The Morgan fingerprint density at radius 3 is 1.26 bits per heavy atom. The number of hydrogen-bond acceptors (Lipinski definition) is 4. The fraction of sp³-hybridized carbons (Fsp3) is 0.844. The van der Waals surface area contributed by atoms with Crippen molar-refractivity contribution in [1.29, 1.82) is 0 Å². The molecule has 0 aliphatic carbocycles. The number of aliphatic hydroxyl groups excluding tert-OH is 3. The van der Waals surface area contributed by atoms with E-state index >= 15 is 0 Å². The van der Waals surface area contributed by atoms with Crippen molar-refractivity contribution in [3.63, 3.8) is 0 Å². The van der Waals surface area contributed by atoms with Gasteiger partial charge in [-0.05, 0) is 51.4 Å². The molecule has 3 unspecified atom stereocenters. The van der Waals surface area contributed by atoms with Crippen molar-refractivity contribution in [2.24, 2.45) is 0 Å². The molecule has 0 heterocycles. The minimum atomic E-state index is -1.11. The Bertz CT molecular complexity index is 779. The highest BCUT2D eigenvalue weighted by molar-refractivity contribution is 5.80. The summed E-state index contributed by atoms with van der Waals surface area (Å²) in [6.07, 6.45) is 50.3. The highest BCUT2D eigenvalue weighted by atomic mass is 16.3. The largest absolute Gasteiger partial charge is 0.394 e. The number of carbonyl (C=O) groups is 1. The lowest BCUT2D eigenvalue weighted by atomic mass is 10.0. The summed E-state index contributed by atoms with van der Waals surface area (Å²) in [5.41, 5.74) is 0. The Kier molecular flexibility index (Phi) is 39.2. The van der Waals surface area contributed by atoms with Crippen LogP contribution >= 0.6 is 0 Å². The molecule has 5 heteroatoms. The topological polar surface area (TPSA) is 89.8 Å². The van der Waals surface area contributed by atoms with Gasteiger partial charge in [-0.2, -0.15) is 0 Å². The zero-order valence-electron chi connectivity index (χ0n) is 33.3. The normalized spacial score (nSPS) is 13.9. The molecular formula is C45H85NO4. The molecule has 0 aromatic carbocycles. The Morgan fingerprint density at radius 2 is 0.860 bits per heavy atom. The second-order valence-electron chi connectivity index (χ2n) is 14.9. The number of carbonyl (C=O) groups excluding carboxylic acids is 1. The molecule has 50 heavy (non-hydrogen) atoms. The summed E-state index contributed by atoms with van der Waals surface area (Å²) in [6.45, 7) is 4.17. The maximum atomic E-state index is 12.4. The van der Waals surface area contributed by atoms with Gasteiger partial charge < -0.3 is 20.6 Å². The summed E-state index contributed by atoms with van der Waals surface area (Å²) in [7, 11) is 0. The average molecular weight is 704 g/mol. The smallest absolute Gasteiger partial charge is 0.249 e. The maximum absolute atomic E-state index is 12.4. The van der Waals surface area contributed by atoms with Gasteiger partial charge in [0.05, 0.1) is 18.8 Å². The van der Waals surface area contributed by atoms with Gasteiger partial charge >= 0.3 is 0 Å². The van der Waals surface area contributed by atoms with Gasteiger partial charge in [0.2, 0.25) is 5.91 Å². The Hall–Kier alpha value is -1.43. The van der Waals surface area contributed by atoms with Crippen LogP contribution in [0.3, 0.4) is 0 Å². The van der Waals surface area contributed by atoms with Crippen LogP contribution in [0.25, 0.3) is 0 Å². The van der Waals surface area contributed by atoms with Crippen LogP contribution in [0.15, 0.2) is 36.5 Å². The van der Waals surface area contributed by atoms with Crippen molar-refractivity contribution >= 4 is 5.91 Å². The summed E-state index contributed by atoms with van der Waals surface area (Å²) >= 11 is 0. The molecule has 0 rings (SSSR count). The third kappa shape index (κ3) is 35.0. The van der Waals surface area contributed by atoms with E-state index in [0.29, 0.717) is 6.42 Å². The second-order valence-corrected chi connectivity index (χ2v) is 14.9. The highest BCUT2D eigenvalue weighted by Crippen LogP contribution is 2.14. The predicted molar refractivity (Wildman–Crippen MR) is 218 cm³/mol. The molecule has 1 amide bonds. The number of nitrogens with one attached hydrogen (secondary N) is 1. The lowest BCUT2D eigenvalue weighted by Gasteiger charge is -2.21. The van der Waals surface area contributed by atoms with Crippen molar-refractivity contribution in [2.45, 2.75) is 238 Å². The molecule has 0 aliphatic rings. The third-order valence-electron chi connectivity index (χ3n) is 9.98. The number of aliphatic hydroxyl groups is 3. The van der Waals surface area contributed by atoms with Crippen LogP contribution in [0.4, 0.5) is 0 Å². The molecule has 0 aromatic rings. The highest BCUT2D eigenvalue weighted by Gasteiger charge is 2.22. The number of rotatable bonds is 39. The first-order valence-electron chi connectivity index (χ1n) is 21.8. The van der Waals surface area contributed by atoms with E-state index < -0.39 is 24.2 Å². The number of unbranched alkanes of at least 4 members (excludes halogenated alkanes) is 27. The van der Waals surface area contributed by atoms with Gasteiger partial charge in [0, 0.05) is 0 Å². The van der Waals surface area contributed by atoms with Crippen LogP contribution < -0.4 is 5.32 Å². The van der Waals surface area contributed by atoms with Gasteiger partial charge in [-0.25, -0.2) is 0 Å². The lowest BCUT2D eigenvalue weighted by molar-refractivity contribution is -0.131. The quantitative estimate of drug-likeness (QED) is 0.0379. The zero-order chi connectivity index (χ0) is 36.6. The molecule has 3 atom stereocenters. The van der Waals surface area contributed by atoms with Crippen molar-refractivity contribution in [2.75, 3.05) is 6.61 Å². The summed E-state index contributed by atoms with van der Waals surface area (Å²) < 4.78 is 0. The first-order chi connectivity index (χ1) is 24.6.